The van der Waals surface area contributed by atoms with Gasteiger partial charge in [-0.15, -0.1) is 0 Å². The van der Waals surface area contributed by atoms with Crippen LogP contribution >= 0.6 is 0 Å². The van der Waals surface area contributed by atoms with Crippen molar-refractivity contribution < 1.29 is 5.11 Å². The van der Waals surface area contributed by atoms with Crippen molar-refractivity contribution in [2.24, 2.45) is 5.92 Å². The molecule has 0 saturated carbocycles. The van der Waals surface area contributed by atoms with Crippen molar-refractivity contribution in [3.8, 4) is 0 Å². The first kappa shape index (κ1) is 12.1. The normalized spacial score (nSPS) is 28.5. The fourth-order valence-electron chi connectivity index (χ4n) is 2.11. The highest BCUT2D eigenvalue weighted by Gasteiger charge is 2.39. The molecule has 0 spiro atoms. The molecule has 17 heavy (non-hydrogen) atoms. The third-order valence-electron chi connectivity index (χ3n) is 3.45. The lowest BCUT2D eigenvalue weighted by Crippen LogP contribution is -2.33. The Morgan fingerprint density at radius 1 is 1.53 bits per heavy atom. The van der Waals surface area contributed by atoms with Crippen LogP contribution < -0.4 is 10.2 Å². The van der Waals surface area contributed by atoms with Gasteiger partial charge in [-0.05, 0) is 13.8 Å². The topological polar surface area (TPSA) is 61.3 Å². The van der Waals surface area contributed by atoms with E-state index < -0.39 is 5.60 Å². The fraction of sp³-hybridized carbons (Fsp3) is 0.667. The Morgan fingerprint density at radius 3 is 2.76 bits per heavy atom. The zero-order valence-electron chi connectivity index (χ0n) is 10.9. The number of β-amino-alcohol motifs (C(OH)–C–C–N with tert-alkyl or cyclic N) is 1. The van der Waals surface area contributed by atoms with E-state index in [1.54, 1.807) is 0 Å². The predicted molar refractivity (Wildman–Crippen MR) is 68.3 cm³/mol. The zero-order chi connectivity index (χ0) is 12.6. The van der Waals surface area contributed by atoms with Crippen LogP contribution in [0.15, 0.2) is 6.07 Å². The minimum Gasteiger partial charge on any atom is -0.388 e. The first-order valence-corrected chi connectivity index (χ1v) is 5.93. The van der Waals surface area contributed by atoms with Crippen molar-refractivity contribution in [2.75, 3.05) is 30.4 Å². The van der Waals surface area contributed by atoms with Crippen LogP contribution in [-0.2, 0) is 0 Å². The Labute approximate surface area is 102 Å². The number of anilines is 2. The number of hydrogen-bond acceptors (Lipinski definition) is 5. The molecule has 5 nitrogen and oxygen atoms in total. The molecule has 1 aromatic heterocycles. The summed E-state index contributed by atoms with van der Waals surface area (Å²) in [7, 11) is 1.84. The molecule has 2 atom stereocenters. The number of hydrogen-bond donors (Lipinski definition) is 2. The second kappa shape index (κ2) is 4.14. The molecule has 2 N–H and O–H groups in total. The van der Waals surface area contributed by atoms with E-state index in [-0.39, 0.29) is 5.92 Å². The van der Waals surface area contributed by atoms with Crippen molar-refractivity contribution in [3.63, 3.8) is 0 Å². The van der Waals surface area contributed by atoms with Crippen molar-refractivity contribution in [3.05, 3.63) is 11.8 Å². The van der Waals surface area contributed by atoms with Gasteiger partial charge in [0.25, 0.3) is 0 Å². The van der Waals surface area contributed by atoms with Gasteiger partial charge < -0.3 is 15.3 Å². The van der Waals surface area contributed by atoms with E-state index in [0.717, 1.165) is 18.1 Å². The monoisotopic (exact) mass is 236 g/mol. The highest BCUT2D eigenvalue weighted by molar-refractivity contribution is 5.44. The summed E-state index contributed by atoms with van der Waals surface area (Å²) in [6.07, 6.45) is 0. The molecule has 94 valence electrons. The molecule has 2 rings (SSSR count). The SMILES string of the molecule is CNc1cc(C)nc(N2C[C@@H](C)[C@@](C)(O)C2)n1. The number of aromatic nitrogens is 2. The first-order valence-electron chi connectivity index (χ1n) is 5.93. The largest absolute Gasteiger partial charge is 0.388 e. The van der Waals surface area contributed by atoms with Crippen LogP contribution in [0.1, 0.15) is 19.5 Å². The van der Waals surface area contributed by atoms with Crippen molar-refractivity contribution in [2.45, 2.75) is 26.4 Å². The lowest BCUT2D eigenvalue weighted by atomic mass is 9.95. The molecule has 1 aliphatic heterocycles. The zero-order valence-corrected chi connectivity index (χ0v) is 10.9. The third-order valence-corrected chi connectivity index (χ3v) is 3.45. The van der Waals surface area contributed by atoms with Crippen molar-refractivity contribution in [1.82, 2.24) is 9.97 Å². The molecule has 1 aliphatic rings. The summed E-state index contributed by atoms with van der Waals surface area (Å²) in [5.41, 5.74) is 0.269. The first-order chi connectivity index (χ1) is 7.92. The molecule has 1 saturated heterocycles. The molecule has 1 aromatic rings. The summed E-state index contributed by atoms with van der Waals surface area (Å²) in [6, 6.07) is 1.90. The van der Waals surface area contributed by atoms with E-state index in [4.69, 9.17) is 0 Å². The highest BCUT2D eigenvalue weighted by Crippen LogP contribution is 2.29. The number of rotatable bonds is 2. The van der Waals surface area contributed by atoms with Gasteiger partial charge in [0.05, 0.1) is 5.60 Å². The van der Waals surface area contributed by atoms with Crippen LogP contribution in [-0.4, -0.2) is 40.8 Å². The average Bonchev–Trinajstić information content (AvgIpc) is 2.53. The van der Waals surface area contributed by atoms with Crippen LogP contribution in [0.4, 0.5) is 11.8 Å². The van der Waals surface area contributed by atoms with Gasteiger partial charge in [0.1, 0.15) is 5.82 Å². The minimum absolute atomic E-state index is 0.227. The molecule has 5 heteroatoms. The Bertz CT molecular complexity index is 419. The molecule has 0 bridgehead atoms. The smallest absolute Gasteiger partial charge is 0.227 e. The molecule has 0 radical (unpaired) electrons. The lowest BCUT2D eigenvalue weighted by Gasteiger charge is -2.21. The van der Waals surface area contributed by atoms with E-state index in [0.29, 0.717) is 12.5 Å². The van der Waals surface area contributed by atoms with E-state index in [9.17, 15) is 5.11 Å². The van der Waals surface area contributed by atoms with Gasteiger partial charge in [0.15, 0.2) is 0 Å². The standard InChI is InChI=1S/C12H20N4O/c1-8-6-16(7-12(8,3)17)11-14-9(2)5-10(13-4)15-11/h5,8,17H,6-7H2,1-4H3,(H,13,14,15)/t8-,12+/m1/s1. The van der Waals surface area contributed by atoms with E-state index >= 15 is 0 Å². The van der Waals surface area contributed by atoms with Crippen LogP contribution in [0.5, 0.6) is 0 Å². The number of nitrogens with one attached hydrogen (secondary N) is 1. The predicted octanol–water partition coefficient (Wildman–Crippen LogP) is 1.03. The van der Waals surface area contributed by atoms with Crippen LogP contribution in [0.25, 0.3) is 0 Å². The Morgan fingerprint density at radius 2 is 2.24 bits per heavy atom. The van der Waals surface area contributed by atoms with Crippen molar-refractivity contribution >= 4 is 11.8 Å². The maximum atomic E-state index is 10.2. The lowest BCUT2D eigenvalue weighted by molar-refractivity contribution is 0.0443. The molecule has 0 aromatic carbocycles. The Hall–Kier alpha value is -1.36. The molecule has 0 amide bonds. The maximum absolute atomic E-state index is 10.2. The summed E-state index contributed by atoms with van der Waals surface area (Å²) in [4.78, 5) is 10.9. The second-order valence-electron chi connectivity index (χ2n) is 5.08. The van der Waals surface area contributed by atoms with Gasteiger partial charge in [-0.1, -0.05) is 6.92 Å². The summed E-state index contributed by atoms with van der Waals surface area (Å²) >= 11 is 0. The number of nitrogens with zero attached hydrogens (tertiary/aromatic N) is 3. The molecule has 2 heterocycles. The summed E-state index contributed by atoms with van der Waals surface area (Å²) < 4.78 is 0. The summed E-state index contributed by atoms with van der Waals surface area (Å²) in [5.74, 6) is 1.73. The Balaban J connectivity index is 2.27. The van der Waals surface area contributed by atoms with Gasteiger partial charge in [-0.25, -0.2) is 4.98 Å². The second-order valence-corrected chi connectivity index (χ2v) is 5.08. The Kier molecular flexibility index (Phi) is 2.95. The quantitative estimate of drug-likeness (QED) is 0.803. The third kappa shape index (κ3) is 2.34. The van der Waals surface area contributed by atoms with E-state index in [1.807, 2.05) is 31.9 Å². The fourth-order valence-corrected chi connectivity index (χ4v) is 2.11. The maximum Gasteiger partial charge on any atom is 0.227 e. The molecular formula is C12H20N4O. The number of aryl methyl sites for hydroxylation is 1. The average molecular weight is 236 g/mol. The number of aliphatic hydroxyl groups is 1. The van der Waals surface area contributed by atoms with E-state index in [2.05, 4.69) is 22.2 Å². The van der Waals surface area contributed by atoms with Gasteiger partial charge >= 0.3 is 0 Å². The van der Waals surface area contributed by atoms with Crippen LogP contribution in [0.2, 0.25) is 0 Å². The van der Waals surface area contributed by atoms with Crippen LogP contribution in [0, 0.1) is 12.8 Å². The van der Waals surface area contributed by atoms with Gasteiger partial charge in [-0.2, -0.15) is 4.98 Å². The highest BCUT2D eigenvalue weighted by atomic mass is 16.3. The molecule has 0 unspecified atom stereocenters. The van der Waals surface area contributed by atoms with Gasteiger partial charge in [0, 0.05) is 37.8 Å². The van der Waals surface area contributed by atoms with Gasteiger partial charge in [-0.3, -0.25) is 0 Å². The van der Waals surface area contributed by atoms with Crippen LogP contribution in [0.3, 0.4) is 0 Å². The molecular weight excluding hydrogens is 216 g/mol. The van der Waals surface area contributed by atoms with Crippen molar-refractivity contribution in [1.29, 1.82) is 0 Å². The molecule has 1 fully saturated rings. The summed E-state index contributed by atoms with van der Waals surface area (Å²) in [5, 5.41) is 13.2. The summed E-state index contributed by atoms with van der Waals surface area (Å²) in [6.45, 7) is 7.24. The van der Waals surface area contributed by atoms with Gasteiger partial charge in [0.2, 0.25) is 5.95 Å². The van der Waals surface area contributed by atoms with E-state index in [1.165, 1.54) is 0 Å². The molecule has 0 aliphatic carbocycles. The minimum atomic E-state index is -0.660.